The van der Waals surface area contributed by atoms with Crippen LogP contribution in [0.25, 0.3) is 11.1 Å². The molecule has 3 rings (SSSR count). The van der Waals surface area contributed by atoms with E-state index in [9.17, 15) is 4.79 Å². The number of rotatable bonds is 10. The Morgan fingerprint density at radius 2 is 1.33 bits per heavy atom. The summed E-state index contributed by atoms with van der Waals surface area (Å²) in [6.07, 6.45) is 4.51. The van der Waals surface area contributed by atoms with Crippen molar-refractivity contribution in [3.05, 3.63) is 90.0 Å². The molecule has 0 radical (unpaired) electrons. The number of ether oxygens (including phenoxy) is 2. The average molecular weight is 403 g/mol. The van der Waals surface area contributed by atoms with Gasteiger partial charge in [-0.05, 0) is 66.5 Å². The highest BCUT2D eigenvalue weighted by atomic mass is 16.5. The van der Waals surface area contributed by atoms with E-state index in [-0.39, 0.29) is 11.9 Å². The van der Waals surface area contributed by atoms with Crippen LogP contribution in [0.1, 0.15) is 30.4 Å². The molecule has 0 aromatic heterocycles. The summed E-state index contributed by atoms with van der Waals surface area (Å²) < 4.78 is 10.3. The highest BCUT2D eigenvalue weighted by molar-refractivity contribution is 5.72. The summed E-state index contributed by atoms with van der Waals surface area (Å²) in [5.41, 5.74) is 4.89. The van der Waals surface area contributed by atoms with Crippen LogP contribution in [-0.2, 0) is 22.4 Å². The number of hydrogen-bond donors (Lipinski definition) is 0. The number of benzene rings is 3. The molecule has 0 saturated heterocycles. The van der Waals surface area contributed by atoms with Gasteiger partial charge < -0.3 is 9.47 Å². The van der Waals surface area contributed by atoms with Gasteiger partial charge in [-0.25, -0.2) is 0 Å². The highest BCUT2D eigenvalue weighted by Gasteiger charge is 2.18. The molecule has 0 N–H and O–H groups in total. The third-order valence-corrected chi connectivity index (χ3v) is 5.55. The van der Waals surface area contributed by atoms with Gasteiger partial charge in [0.1, 0.15) is 5.75 Å². The number of hydrogen-bond acceptors (Lipinski definition) is 3. The molecule has 156 valence electrons. The van der Waals surface area contributed by atoms with Crippen molar-refractivity contribution >= 4 is 5.97 Å². The summed E-state index contributed by atoms with van der Waals surface area (Å²) >= 11 is 0. The Morgan fingerprint density at radius 3 is 1.93 bits per heavy atom. The van der Waals surface area contributed by atoms with Crippen LogP contribution in [0.4, 0.5) is 0 Å². The van der Waals surface area contributed by atoms with E-state index < -0.39 is 0 Å². The lowest BCUT2D eigenvalue weighted by molar-refractivity contribution is -0.145. The monoisotopic (exact) mass is 402 g/mol. The van der Waals surface area contributed by atoms with Gasteiger partial charge in [0, 0.05) is 0 Å². The summed E-state index contributed by atoms with van der Waals surface area (Å²) in [5, 5.41) is 0. The summed E-state index contributed by atoms with van der Waals surface area (Å²) in [5.74, 6) is 0.703. The minimum atomic E-state index is -0.0992. The van der Waals surface area contributed by atoms with Gasteiger partial charge in [-0.1, -0.05) is 66.7 Å². The van der Waals surface area contributed by atoms with Crippen LogP contribution < -0.4 is 4.74 Å². The molecule has 0 aliphatic carbocycles. The van der Waals surface area contributed by atoms with Crippen LogP contribution in [0.2, 0.25) is 0 Å². The average Bonchev–Trinajstić information content (AvgIpc) is 2.82. The fourth-order valence-electron chi connectivity index (χ4n) is 3.73. The molecule has 0 aliphatic heterocycles. The Hall–Kier alpha value is -3.07. The first-order valence-corrected chi connectivity index (χ1v) is 10.5. The predicted molar refractivity (Wildman–Crippen MR) is 122 cm³/mol. The Kier molecular flexibility index (Phi) is 8.08. The van der Waals surface area contributed by atoms with E-state index in [4.69, 9.17) is 9.47 Å². The van der Waals surface area contributed by atoms with Crippen molar-refractivity contribution in [2.45, 2.75) is 32.1 Å². The molecule has 0 saturated carbocycles. The second-order valence-corrected chi connectivity index (χ2v) is 7.56. The lowest BCUT2D eigenvalue weighted by atomic mass is 9.93. The number of methoxy groups -OCH3 is 2. The fraction of sp³-hybridized carbons (Fsp3) is 0.296. The first kappa shape index (κ1) is 21.6. The lowest BCUT2D eigenvalue weighted by Crippen LogP contribution is -2.17. The molecule has 0 amide bonds. The minimum Gasteiger partial charge on any atom is -0.497 e. The van der Waals surface area contributed by atoms with Gasteiger partial charge in [0.25, 0.3) is 0 Å². The number of carbonyl (C=O) groups excluding carboxylic acids is 1. The van der Waals surface area contributed by atoms with Gasteiger partial charge in [-0.3, -0.25) is 4.79 Å². The van der Waals surface area contributed by atoms with Gasteiger partial charge in [0.15, 0.2) is 0 Å². The van der Waals surface area contributed by atoms with Gasteiger partial charge in [-0.15, -0.1) is 0 Å². The van der Waals surface area contributed by atoms with E-state index in [1.165, 1.54) is 23.8 Å². The Balaban J connectivity index is 1.54. The number of esters is 1. The van der Waals surface area contributed by atoms with Crippen molar-refractivity contribution in [1.29, 1.82) is 0 Å². The van der Waals surface area contributed by atoms with E-state index in [1.807, 2.05) is 18.2 Å². The largest absolute Gasteiger partial charge is 0.497 e. The third kappa shape index (κ3) is 6.21. The molecule has 0 fully saturated rings. The van der Waals surface area contributed by atoms with E-state index in [1.54, 1.807) is 7.11 Å². The van der Waals surface area contributed by atoms with E-state index in [2.05, 4.69) is 60.7 Å². The second-order valence-electron chi connectivity index (χ2n) is 7.56. The second kappa shape index (κ2) is 11.2. The first-order valence-electron chi connectivity index (χ1n) is 10.5. The Morgan fingerprint density at radius 1 is 0.733 bits per heavy atom. The predicted octanol–water partition coefficient (Wildman–Crippen LogP) is 6.11. The normalized spacial score (nSPS) is 11.7. The molecule has 3 heteroatoms. The quantitative estimate of drug-likeness (QED) is 0.384. The number of aryl methyl sites for hydroxylation is 2. The lowest BCUT2D eigenvalue weighted by Gasteiger charge is -2.15. The van der Waals surface area contributed by atoms with Crippen molar-refractivity contribution in [3.8, 4) is 16.9 Å². The van der Waals surface area contributed by atoms with E-state index in [0.29, 0.717) is 0 Å². The fourth-order valence-corrected chi connectivity index (χ4v) is 3.73. The van der Waals surface area contributed by atoms with Gasteiger partial charge in [-0.2, -0.15) is 0 Å². The standard InChI is InChI=1S/C27H30O3/c1-29-26-19-17-24(18-20-26)23-14-11-22(12-15-23)13-16-25(27(28)30-2)10-6-9-21-7-4-3-5-8-21/h3-5,7-8,11-12,14-15,17-20,25H,6,9-10,13,16H2,1-2H3. The molecule has 0 heterocycles. The summed E-state index contributed by atoms with van der Waals surface area (Å²) in [4.78, 5) is 12.2. The van der Waals surface area contributed by atoms with Crippen molar-refractivity contribution in [3.63, 3.8) is 0 Å². The van der Waals surface area contributed by atoms with Crippen LogP contribution in [0.15, 0.2) is 78.9 Å². The molecule has 30 heavy (non-hydrogen) atoms. The molecule has 3 nitrogen and oxygen atoms in total. The SMILES string of the molecule is COC(=O)C(CCCc1ccccc1)CCc1ccc(-c2ccc(OC)cc2)cc1. The van der Waals surface area contributed by atoms with Crippen molar-refractivity contribution in [1.82, 2.24) is 0 Å². The van der Waals surface area contributed by atoms with Crippen LogP contribution in [0.5, 0.6) is 5.75 Å². The van der Waals surface area contributed by atoms with Gasteiger partial charge >= 0.3 is 5.97 Å². The van der Waals surface area contributed by atoms with Crippen molar-refractivity contribution < 1.29 is 14.3 Å². The maximum atomic E-state index is 12.2. The minimum absolute atomic E-state index is 0.0556. The molecule has 0 spiro atoms. The van der Waals surface area contributed by atoms with Gasteiger partial charge in [0.2, 0.25) is 0 Å². The maximum absolute atomic E-state index is 12.2. The Bertz CT molecular complexity index is 899. The molecular weight excluding hydrogens is 372 g/mol. The molecule has 1 unspecified atom stereocenters. The van der Waals surface area contributed by atoms with Crippen LogP contribution >= 0.6 is 0 Å². The highest BCUT2D eigenvalue weighted by Crippen LogP contribution is 2.24. The van der Waals surface area contributed by atoms with Crippen LogP contribution in [0.3, 0.4) is 0 Å². The van der Waals surface area contributed by atoms with Crippen molar-refractivity contribution in [2.24, 2.45) is 5.92 Å². The van der Waals surface area contributed by atoms with Crippen molar-refractivity contribution in [2.75, 3.05) is 14.2 Å². The third-order valence-electron chi connectivity index (χ3n) is 5.55. The van der Waals surface area contributed by atoms with E-state index >= 15 is 0 Å². The topological polar surface area (TPSA) is 35.5 Å². The molecule has 1 atom stereocenters. The van der Waals surface area contributed by atoms with E-state index in [0.717, 1.165) is 43.4 Å². The summed E-state index contributed by atoms with van der Waals surface area (Å²) in [6, 6.07) is 27.1. The first-order chi connectivity index (χ1) is 14.7. The Labute approximate surface area is 179 Å². The molecule has 3 aromatic rings. The number of carbonyl (C=O) groups is 1. The zero-order valence-corrected chi connectivity index (χ0v) is 17.8. The zero-order chi connectivity index (χ0) is 21.2. The molecule has 3 aromatic carbocycles. The van der Waals surface area contributed by atoms with Gasteiger partial charge in [0.05, 0.1) is 20.1 Å². The van der Waals surface area contributed by atoms with Crippen LogP contribution in [0, 0.1) is 5.92 Å². The smallest absolute Gasteiger partial charge is 0.308 e. The summed E-state index contributed by atoms with van der Waals surface area (Å²) in [6.45, 7) is 0. The summed E-state index contributed by atoms with van der Waals surface area (Å²) in [7, 11) is 3.16. The molecule has 0 bridgehead atoms. The zero-order valence-electron chi connectivity index (χ0n) is 17.8. The maximum Gasteiger partial charge on any atom is 0.308 e. The van der Waals surface area contributed by atoms with Crippen LogP contribution in [-0.4, -0.2) is 20.2 Å². The molecule has 0 aliphatic rings. The molecular formula is C27H30O3.